The van der Waals surface area contributed by atoms with E-state index in [2.05, 4.69) is 20.2 Å². The molecule has 5 rings (SSSR count). The highest BCUT2D eigenvalue weighted by molar-refractivity contribution is 5.80. The van der Waals surface area contributed by atoms with Gasteiger partial charge in [-0.15, -0.1) is 0 Å². The van der Waals surface area contributed by atoms with E-state index in [1.54, 1.807) is 25.4 Å². The molecule has 0 saturated carbocycles. The van der Waals surface area contributed by atoms with E-state index in [9.17, 15) is 10.1 Å². The third kappa shape index (κ3) is 4.29. The molecule has 0 bridgehead atoms. The number of fused-ring (bicyclic) bond motifs is 1. The molecule has 11 heteroatoms. The minimum absolute atomic E-state index is 0.00390. The fourth-order valence-electron chi connectivity index (χ4n) is 4.64. The summed E-state index contributed by atoms with van der Waals surface area (Å²) >= 11 is 0. The number of imidazole rings is 1. The lowest BCUT2D eigenvalue weighted by molar-refractivity contribution is -0.384. The summed E-state index contributed by atoms with van der Waals surface area (Å²) in [6.45, 7) is 1.45. The topological polar surface area (TPSA) is 114 Å². The average molecular weight is 489 g/mol. The van der Waals surface area contributed by atoms with Crippen molar-refractivity contribution >= 4 is 34.0 Å². The second kappa shape index (κ2) is 9.42. The van der Waals surface area contributed by atoms with Gasteiger partial charge in [0.15, 0.2) is 5.82 Å². The Balaban J connectivity index is 1.49. The van der Waals surface area contributed by atoms with Crippen molar-refractivity contribution in [2.24, 2.45) is 7.05 Å². The number of nitro benzene ring substituents is 1. The number of hydrogen-bond donors (Lipinski definition) is 1. The predicted molar refractivity (Wildman–Crippen MR) is 139 cm³/mol. The SMILES string of the molecule is COc1cc(N2CCC(N(C)C)C2)c([N+](=O)[O-])cc1Nc1nccc(-c2nc3ccccc3n2C)n1. The van der Waals surface area contributed by atoms with Gasteiger partial charge < -0.3 is 24.4 Å². The first kappa shape index (κ1) is 23.5. The molecule has 1 fully saturated rings. The van der Waals surface area contributed by atoms with E-state index in [0.717, 1.165) is 24.0 Å². The number of aromatic nitrogens is 4. The monoisotopic (exact) mass is 488 g/mol. The van der Waals surface area contributed by atoms with Crippen molar-refractivity contribution in [3.63, 3.8) is 0 Å². The van der Waals surface area contributed by atoms with Crippen LogP contribution in [0.4, 0.5) is 23.0 Å². The highest BCUT2D eigenvalue weighted by Gasteiger charge is 2.30. The molecule has 0 spiro atoms. The zero-order valence-electron chi connectivity index (χ0n) is 20.7. The Kier molecular flexibility index (Phi) is 6.15. The van der Waals surface area contributed by atoms with Crippen molar-refractivity contribution < 1.29 is 9.66 Å². The number of nitro groups is 1. The smallest absolute Gasteiger partial charge is 0.294 e. The Hall–Kier alpha value is -4.25. The number of methoxy groups -OCH3 is 1. The quantitative estimate of drug-likeness (QED) is 0.306. The van der Waals surface area contributed by atoms with Gasteiger partial charge in [0, 0.05) is 44.5 Å². The summed E-state index contributed by atoms with van der Waals surface area (Å²) < 4.78 is 7.58. The molecular formula is C25H28N8O3. The summed E-state index contributed by atoms with van der Waals surface area (Å²) in [5.74, 6) is 1.45. The Labute approximate surface area is 208 Å². The summed E-state index contributed by atoms with van der Waals surface area (Å²) in [4.78, 5) is 29.5. The highest BCUT2D eigenvalue weighted by atomic mass is 16.6. The summed E-state index contributed by atoms with van der Waals surface area (Å²) in [7, 11) is 7.53. The molecule has 11 nitrogen and oxygen atoms in total. The highest BCUT2D eigenvalue weighted by Crippen LogP contribution is 2.40. The van der Waals surface area contributed by atoms with Crippen LogP contribution in [0.25, 0.3) is 22.6 Å². The van der Waals surface area contributed by atoms with Crippen LogP contribution < -0.4 is 15.0 Å². The lowest BCUT2D eigenvalue weighted by Gasteiger charge is -2.22. The molecule has 1 saturated heterocycles. The second-order valence-corrected chi connectivity index (χ2v) is 9.02. The summed E-state index contributed by atoms with van der Waals surface area (Å²) in [6.07, 6.45) is 2.57. The van der Waals surface area contributed by atoms with Gasteiger partial charge in [0.05, 0.1) is 28.8 Å². The van der Waals surface area contributed by atoms with Gasteiger partial charge in [0.2, 0.25) is 5.95 Å². The van der Waals surface area contributed by atoms with Crippen LogP contribution in [0.15, 0.2) is 48.7 Å². The number of rotatable bonds is 7. The minimum Gasteiger partial charge on any atom is -0.494 e. The number of anilines is 3. The number of likely N-dealkylation sites (N-methyl/N-ethyl adjacent to an activating group) is 1. The van der Waals surface area contributed by atoms with E-state index in [4.69, 9.17) is 9.72 Å². The van der Waals surface area contributed by atoms with E-state index in [1.165, 1.54) is 6.07 Å². The van der Waals surface area contributed by atoms with E-state index >= 15 is 0 Å². The van der Waals surface area contributed by atoms with Crippen LogP contribution in [0.1, 0.15) is 6.42 Å². The second-order valence-electron chi connectivity index (χ2n) is 9.02. The molecular weight excluding hydrogens is 460 g/mol. The Morgan fingerprint density at radius 2 is 2.00 bits per heavy atom. The van der Waals surface area contributed by atoms with Gasteiger partial charge in [-0.1, -0.05) is 12.1 Å². The molecule has 1 aliphatic heterocycles. The Morgan fingerprint density at radius 3 is 2.69 bits per heavy atom. The van der Waals surface area contributed by atoms with E-state index in [1.807, 2.05) is 54.9 Å². The molecule has 0 radical (unpaired) electrons. The zero-order chi connectivity index (χ0) is 25.4. The van der Waals surface area contributed by atoms with Crippen LogP contribution in [-0.4, -0.2) is 69.7 Å². The maximum absolute atomic E-state index is 12.0. The lowest BCUT2D eigenvalue weighted by Crippen LogP contribution is -2.31. The third-order valence-electron chi connectivity index (χ3n) is 6.65. The fraction of sp³-hybridized carbons (Fsp3) is 0.320. The van der Waals surface area contributed by atoms with Gasteiger partial charge in [-0.05, 0) is 38.7 Å². The Morgan fingerprint density at radius 1 is 1.19 bits per heavy atom. The van der Waals surface area contributed by atoms with Crippen LogP contribution >= 0.6 is 0 Å². The zero-order valence-corrected chi connectivity index (χ0v) is 20.7. The van der Waals surface area contributed by atoms with Crippen molar-refractivity contribution in [3.8, 4) is 17.3 Å². The van der Waals surface area contributed by atoms with Gasteiger partial charge in [0.1, 0.15) is 17.1 Å². The van der Waals surface area contributed by atoms with E-state index < -0.39 is 0 Å². The molecule has 0 aliphatic carbocycles. The van der Waals surface area contributed by atoms with Gasteiger partial charge >= 0.3 is 0 Å². The lowest BCUT2D eigenvalue weighted by atomic mass is 10.2. The molecule has 1 aliphatic rings. The molecule has 2 aromatic carbocycles. The number of nitrogens with one attached hydrogen (secondary N) is 1. The summed E-state index contributed by atoms with van der Waals surface area (Å²) in [5, 5.41) is 15.1. The molecule has 2 aromatic heterocycles. The summed E-state index contributed by atoms with van der Waals surface area (Å²) in [5.41, 5.74) is 3.45. The predicted octanol–water partition coefficient (Wildman–Crippen LogP) is 3.83. The normalized spacial score (nSPS) is 15.6. The van der Waals surface area contributed by atoms with E-state index in [0.29, 0.717) is 41.2 Å². The van der Waals surface area contributed by atoms with Crippen molar-refractivity contribution in [2.75, 3.05) is 44.5 Å². The first-order valence-corrected chi connectivity index (χ1v) is 11.7. The van der Waals surface area contributed by atoms with Crippen LogP contribution in [0.3, 0.4) is 0 Å². The minimum atomic E-state index is -0.361. The van der Waals surface area contributed by atoms with Gasteiger partial charge in [-0.2, -0.15) is 0 Å². The number of hydrogen-bond acceptors (Lipinski definition) is 9. The van der Waals surface area contributed by atoms with Crippen LogP contribution in [0, 0.1) is 10.1 Å². The summed E-state index contributed by atoms with van der Waals surface area (Å²) in [6, 6.07) is 13.2. The first-order valence-electron chi connectivity index (χ1n) is 11.7. The fourth-order valence-corrected chi connectivity index (χ4v) is 4.64. The standard InChI is InChI=1S/C25H28N8O3/c1-30(2)16-10-12-32(15-16)21-14-23(36-4)19(13-22(21)33(34)35)29-25-26-11-9-18(28-25)24-27-17-7-5-6-8-20(17)31(24)3/h5-9,11,13-14,16H,10,12,15H2,1-4H3,(H,26,28,29). The van der Waals surface area contributed by atoms with Gasteiger partial charge in [-0.25, -0.2) is 15.0 Å². The van der Waals surface area contributed by atoms with Gasteiger partial charge in [0.25, 0.3) is 5.69 Å². The molecule has 36 heavy (non-hydrogen) atoms. The largest absolute Gasteiger partial charge is 0.494 e. The maximum Gasteiger partial charge on any atom is 0.294 e. The van der Waals surface area contributed by atoms with Crippen molar-refractivity contribution in [2.45, 2.75) is 12.5 Å². The number of benzene rings is 2. The van der Waals surface area contributed by atoms with Crippen LogP contribution in [0.5, 0.6) is 5.75 Å². The maximum atomic E-state index is 12.0. The number of ether oxygens (including phenoxy) is 1. The third-order valence-corrected chi connectivity index (χ3v) is 6.65. The Bertz CT molecular complexity index is 1430. The van der Waals surface area contributed by atoms with Crippen molar-refractivity contribution in [3.05, 3.63) is 58.8 Å². The van der Waals surface area contributed by atoms with Gasteiger partial charge in [-0.3, -0.25) is 10.1 Å². The van der Waals surface area contributed by atoms with Crippen molar-refractivity contribution in [1.29, 1.82) is 0 Å². The number of nitrogens with zero attached hydrogens (tertiary/aromatic N) is 7. The molecule has 186 valence electrons. The molecule has 1 atom stereocenters. The molecule has 3 heterocycles. The molecule has 1 unspecified atom stereocenters. The van der Waals surface area contributed by atoms with E-state index in [-0.39, 0.29) is 16.6 Å². The van der Waals surface area contributed by atoms with Crippen LogP contribution in [-0.2, 0) is 7.05 Å². The first-order chi connectivity index (χ1) is 17.4. The molecule has 4 aromatic rings. The number of para-hydroxylation sites is 2. The van der Waals surface area contributed by atoms with Crippen LogP contribution in [0.2, 0.25) is 0 Å². The van der Waals surface area contributed by atoms with Crippen molar-refractivity contribution in [1.82, 2.24) is 24.4 Å². The average Bonchev–Trinajstić information content (AvgIpc) is 3.50. The molecule has 1 N–H and O–H groups in total. The number of aryl methyl sites for hydroxylation is 1. The molecule has 0 amide bonds.